The first-order valence-electron chi connectivity index (χ1n) is 8.02. The molecule has 0 aliphatic carbocycles. The molecule has 1 amide bonds. The lowest BCUT2D eigenvalue weighted by Gasteiger charge is -2.19. The first-order valence-corrected chi connectivity index (χ1v) is 8.02. The van der Waals surface area contributed by atoms with E-state index >= 15 is 0 Å². The quantitative estimate of drug-likeness (QED) is 0.868. The minimum atomic E-state index is -0.503. The molecule has 23 heavy (non-hydrogen) atoms. The Balaban J connectivity index is 2.11. The van der Waals surface area contributed by atoms with Gasteiger partial charge >= 0.3 is 0 Å². The lowest BCUT2D eigenvalue weighted by Crippen LogP contribution is -2.32. The third kappa shape index (κ3) is 4.35. The summed E-state index contributed by atoms with van der Waals surface area (Å²) in [6.07, 6.45) is 0.112. The molecule has 0 saturated heterocycles. The number of aryl methyl sites for hydroxylation is 4. The van der Waals surface area contributed by atoms with Gasteiger partial charge in [0.05, 0.1) is 0 Å². The Bertz CT molecular complexity index is 707. The molecule has 0 aliphatic rings. The van der Waals surface area contributed by atoms with Crippen molar-refractivity contribution in [3.05, 3.63) is 58.7 Å². The predicted molar refractivity (Wildman–Crippen MR) is 95.2 cm³/mol. The topological polar surface area (TPSA) is 38.3 Å². The van der Waals surface area contributed by atoms with Crippen LogP contribution in [0.3, 0.4) is 0 Å². The van der Waals surface area contributed by atoms with Gasteiger partial charge < -0.3 is 10.1 Å². The smallest absolute Gasteiger partial charge is 0.265 e. The Morgan fingerprint density at radius 2 is 1.70 bits per heavy atom. The highest BCUT2D eigenvalue weighted by Crippen LogP contribution is 2.22. The Morgan fingerprint density at radius 1 is 1.00 bits per heavy atom. The van der Waals surface area contributed by atoms with Gasteiger partial charge in [0.25, 0.3) is 5.91 Å². The lowest BCUT2D eigenvalue weighted by atomic mass is 10.1. The normalized spacial score (nSPS) is 11.9. The standard InChI is InChI=1S/C20H25NO2/c1-6-18(23-19-11-13(2)7-8-15(19)4)20(22)21-17-10-9-14(3)16(5)12-17/h7-12,18H,6H2,1-5H3,(H,21,22)/t18-/m0/s1. The fourth-order valence-electron chi connectivity index (χ4n) is 2.35. The molecule has 0 unspecified atom stereocenters. The highest BCUT2D eigenvalue weighted by molar-refractivity contribution is 5.94. The van der Waals surface area contributed by atoms with Crippen LogP contribution < -0.4 is 10.1 Å². The van der Waals surface area contributed by atoms with Crippen molar-refractivity contribution in [1.82, 2.24) is 0 Å². The van der Waals surface area contributed by atoms with E-state index in [0.29, 0.717) is 6.42 Å². The molecule has 0 radical (unpaired) electrons. The SMILES string of the molecule is CC[C@H](Oc1cc(C)ccc1C)C(=O)Nc1ccc(C)c(C)c1. The van der Waals surface area contributed by atoms with Crippen molar-refractivity contribution >= 4 is 11.6 Å². The van der Waals surface area contributed by atoms with E-state index in [4.69, 9.17) is 4.74 Å². The Hall–Kier alpha value is -2.29. The average molecular weight is 311 g/mol. The molecular weight excluding hydrogens is 286 g/mol. The zero-order valence-electron chi connectivity index (χ0n) is 14.6. The second-order valence-corrected chi connectivity index (χ2v) is 6.07. The molecule has 0 bridgehead atoms. The first-order chi connectivity index (χ1) is 10.9. The third-order valence-corrected chi connectivity index (χ3v) is 4.05. The van der Waals surface area contributed by atoms with Crippen LogP contribution in [0.15, 0.2) is 36.4 Å². The zero-order valence-corrected chi connectivity index (χ0v) is 14.6. The molecule has 0 aliphatic heterocycles. The fraction of sp³-hybridized carbons (Fsp3) is 0.350. The van der Waals surface area contributed by atoms with Gasteiger partial charge in [-0.05, 0) is 74.6 Å². The summed E-state index contributed by atoms with van der Waals surface area (Å²) in [6.45, 7) is 10.1. The van der Waals surface area contributed by atoms with Crippen LogP contribution in [0.5, 0.6) is 5.75 Å². The molecule has 0 aromatic heterocycles. The molecular formula is C20H25NO2. The molecule has 3 nitrogen and oxygen atoms in total. The summed E-state index contributed by atoms with van der Waals surface area (Å²) in [4.78, 5) is 12.5. The molecule has 2 aromatic carbocycles. The van der Waals surface area contributed by atoms with Crippen LogP contribution in [0.1, 0.15) is 35.6 Å². The van der Waals surface area contributed by atoms with Crippen LogP contribution in [0.25, 0.3) is 0 Å². The van der Waals surface area contributed by atoms with Crippen molar-refractivity contribution in [3.8, 4) is 5.75 Å². The second kappa shape index (κ2) is 7.32. The summed E-state index contributed by atoms with van der Waals surface area (Å²) in [5.74, 6) is 0.656. The third-order valence-electron chi connectivity index (χ3n) is 4.05. The summed E-state index contributed by atoms with van der Waals surface area (Å²) in [7, 11) is 0. The minimum absolute atomic E-state index is 0.114. The van der Waals surface area contributed by atoms with Gasteiger partial charge in [0.1, 0.15) is 5.75 Å². The minimum Gasteiger partial charge on any atom is -0.480 e. The van der Waals surface area contributed by atoms with Crippen molar-refractivity contribution < 1.29 is 9.53 Å². The fourth-order valence-corrected chi connectivity index (χ4v) is 2.35. The molecule has 0 spiro atoms. The summed E-state index contributed by atoms with van der Waals surface area (Å²) in [5, 5.41) is 2.95. The monoisotopic (exact) mass is 311 g/mol. The van der Waals surface area contributed by atoms with Gasteiger partial charge in [-0.25, -0.2) is 0 Å². The second-order valence-electron chi connectivity index (χ2n) is 6.07. The number of anilines is 1. The summed E-state index contributed by atoms with van der Waals surface area (Å²) in [5.41, 5.74) is 5.33. The highest BCUT2D eigenvalue weighted by atomic mass is 16.5. The molecule has 122 valence electrons. The van der Waals surface area contributed by atoms with E-state index in [2.05, 4.69) is 12.2 Å². The number of amides is 1. The van der Waals surface area contributed by atoms with E-state index in [1.54, 1.807) is 0 Å². The number of hydrogen-bond donors (Lipinski definition) is 1. The molecule has 3 heteroatoms. The first kappa shape index (κ1) is 17.1. The predicted octanol–water partition coefficient (Wildman–Crippen LogP) is 4.72. The van der Waals surface area contributed by atoms with E-state index in [1.165, 1.54) is 5.56 Å². The van der Waals surface area contributed by atoms with Crippen LogP contribution in [0, 0.1) is 27.7 Å². The van der Waals surface area contributed by atoms with E-state index in [9.17, 15) is 4.79 Å². The molecule has 1 atom stereocenters. The highest BCUT2D eigenvalue weighted by Gasteiger charge is 2.19. The Morgan fingerprint density at radius 3 is 2.35 bits per heavy atom. The number of ether oxygens (including phenoxy) is 1. The Kier molecular flexibility index (Phi) is 5.43. The zero-order chi connectivity index (χ0) is 17.0. The van der Waals surface area contributed by atoms with Crippen molar-refractivity contribution in [1.29, 1.82) is 0 Å². The number of rotatable bonds is 5. The van der Waals surface area contributed by atoms with Gasteiger partial charge in [-0.2, -0.15) is 0 Å². The van der Waals surface area contributed by atoms with Gasteiger partial charge in [0, 0.05) is 5.69 Å². The van der Waals surface area contributed by atoms with E-state index in [1.807, 2.05) is 64.1 Å². The Labute approximate surface area is 138 Å². The number of hydrogen-bond acceptors (Lipinski definition) is 2. The molecule has 1 N–H and O–H groups in total. The van der Waals surface area contributed by atoms with Gasteiger partial charge in [0.15, 0.2) is 6.10 Å². The van der Waals surface area contributed by atoms with Gasteiger partial charge in [-0.15, -0.1) is 0 Å². The maximum atomic E-state index is 12.5. The van der Waals surface area contributed by atoms with Crippen molar-refractivity contribution in [2.75, 3.05) is 5.32 Å². The number of nitrogens with one attached hydrogen (secondary N) is 1. The van der Waals surface area contributed by atoms with E-state index in [-0.39, 0.29) is 5.91 Å². The summed E-state index contributed by atoms with van der Waals surface area (Å²) in [6, 6.07) is 11.9. The average Bonchev–Trinajstić information content (AvgIpc) is 2.51. The number of carbonyl (C=O) groups excluding carboxylic acids is 1. The van der Waals surface area contributed by atoms with Gasteiger partial charge in [-0.3, -0.25) is 4.79 Å². The molecule has 0 saturated carbocycles. The van der Waals surface area contributed by atoms with Crippen LogP contribution in [-0.2, 0) is 4.79 Å². The van der Waals surface area contributed by atoms with E-state index < -0.39 is 6.10 Å². The van der Waals surface area contributed by atoms with Crippen molar-refractivity contribution in [2.45, 2.75) is 47.1 Å². The van der Waals surface area contributed by atoms with Gasteiger partial charge in [-0.1, -0.05) is 25.1 Å². The summed E-state index contributed by atoms with van der Waals surface area (Å²) >= 11 is 0. The number of carbonyl (C=O) groups is 1. The lowest BCUT2D eigenvalue weighted by molar-refractivity contribution is -0.122. The summed E-state index contributed by atoms with van der Waals surface area (Å²) < 4.78 is 5.95. The van der Waals surface area contributed by atoms with Crippen LogP contribution in [0.4, 0.5) is 5.69 Å². The largest absolute Gasteiger partial charge is 0.480 e. The van der Waals surface area contributed by atoms with Crippen molar-refractivity contribution in [2.24, 2.45) is 0 Å². The molecule has 2 rings (SSSR count). The van der Waals surface area contributed by atoms with Gasteiger partial charge in [0.2, 0.25) is 0 Å². The molecule has 0 heterocycles. The maximum absolute atomic E-state index is 12.5. The van der Waals surface area contributed by atoms with Crippen molar-refractivity contribution in [3.63, 3.8) is 0 Å². The molecule has 0 fully saturated rings. The van der Waals surface area contributed by atoms with E-state index in [0.717, 1.165) is 28.1 Å². The van der Waals surface area contributed by atoms with Crippen LogP contribution >= 0.6 is 0 Å². The van der Waals surface area contributed by atoms with Crippen LogP contribution in [0.2, 0.25) is 0 Å². The maximum Gasteiger partial charge on any atom is 0.265 e. The number of benzene rings is 2. The van der Waals surface area contributed by atoms with Crippen LogP contribution in [-0.4, -0.2) is 12.0 Å². The molecule has 2 aromatic rings.